The SMILES string of the molecule is O=C(Nc1ccc(C2CCN(C(=O)c3ccc(F)c(-c4c(F)cccc4F)n3)CC2)cc1)c1ccncn1. The van der Waals surface area contributed by atoms with Gasteiger partial charge in [0.1, 0.15) is 40.9 Å². The average Bonchev–Trinajstić information content (AvgIpc) is 2.94. The lowest BCUT2D eigenvalue weighted by molar-refractivity contribution is 0.0707. The molecular formula is C28H22F3N5O2. The molecule has 192 valence electrons. The van der Waals surface area contributed by atoms with E-state index in [1.54, 1.807) is 4.90 Å². The molecule has 1 saturated heterocycles. The second-order valence-corrected chi connectivity index (χ2v) is 8.86. The first-order valence-electron chi connectivity index (χ1n) is 12.0. The number of carbonyl (C=O) groups is 2. The van der Waals surface area contributed by atoms with Gasteiger partial charge in [0.15, 0.2) is 0 Å². The van der Waals surface area contributed by atoms with Crippen LogP contribution in [-0.2, 0) is 0 Å². The van der Waals surface area contributed by atoms with Crippen molar-refractivity contribution >= 4 is 17.5 Å². The Kier molecular flexibility index (Phi) is 7.12. The van der Waals surface area contributed by atoms with Crippen molar-refractivity contribution < 1.29 is 22.8 Å². The fourth-order valence-electron chi connectivity index (χ4n) is 4.50. The van der Waals surface area contributed by atoms with Crippen LogP contribution >= 0.6 is 0 Å². The zero-order valence-electron chi connectivity index (χ0n) is 20.1. The topological polar surface area (TPSA) is 88.1 Å². The Morgan fingerprint density at radius 2 is 1.55 bits per heavy atom. The molecule has 0 unspecified atom stereocenters. The Labute approximate surface area is 216 Å². The van der Waals surface area contributed by atoms with Crippen molar-refractivity contribution in [2.24, 2.45) is 0 Å². The zero-order chi connectivity index (χ0) is 26.6. The van der Waals surface area contributed by atoms with Crippen LogP contribution in [0.3, 0.4) is 0 Å². The summed E-state index contributed by atoms with van der Waals surface area (Å²) in [5.41, 5.74) is 0.765. The Morgan fingerprint density at radius 3 is 2.21 bits per heavy atom. The van der Waals surface area contributed by atoms with Gasteiger partial charge in [-0.15, -0.1) is 0 Å². The molecule has 5 rings (SSSR count). The molecule has 0 radical (unpaired) electrons. The van der Waals surface area contributed by atoms with Crippen LogP contribution in [0, 0.1) is 17.5 Å². The van der Waals surface area contributed by atoms with E-state index >= 15 is 0 Å². The quantitative estimate of drug-likeness (QED) is 0.392. The maximum absolute atomic E-state index is 14.4. The lowest BCUT2D eigenvalue weighted by Gasteiger charge is -2.32. The van der Waals surface area contributed by atoms with Gasteiger partial charge in [0, 0.05) is 25.0 Å². The number of amides is 2. The molecular weight excluding hydrogens is 495 g/mol. The summed E-state index contributed by atoms with van der Waals surface area (Å²) in [6.07, 6.45) is 4.18. The first kappa shape index (κ1) is 25.1. The molecule has 4 aromatic rings. The number of nitrogens with one attached hydrogen (secondary N) is 1. The second-order valence-electron chi connectivity index (χ2n) is 8.86. The number of likely N-dealkylation sites (tertiary alicyclic amines) is 1. The predicted octanol–water partition coefficient (Wildman–Crippen LogP) is 5.23. The summed E-state index contributed by atoms with van der Waals surface area (Å²) in [4.78, 5) is 38.7. The molecule has 1 aliphatic heterocycles. The predicted molar refractivity (Wildman–Crippen MR) is 134 cm³/mol. The highest BCUT2D eigenvalue weighted by Gasteiger charge is 2.27. The number of aromatic nitrogens is 3. The molecule has 1 aliphatic rings. The van der Waals surface area contributed by atoms with E-state index in [0.717, 1.165) is 23.8 Å². The summed E-state index contributed by atoms with van der Waals surface area (Å²) in [6, 6.07) is 14.5. The second kappa shape index (κ2) is 10.8. The number of benzene rings is 2. The molecule has 0 spiro atoms. The molecule has 3 heterocycles. The monoisotopic (exact) mass is 517 g/mol. The van der Waals surface area contributed by atoms with E-state index in [-0.39, 0.29) is 23.2 Å². The number of hydrogen-bond acceptors (Lipinski definition) is 5. The minimum Gasteiger partial charge on any atom is -0.337 e. The number of halogens is 3. The van der Waals surface area contributed by atoms with Crippen LogP contribution < -0.4 is 5.32 Å². The summed E-state index contributed by atoms with van der Waals surface area (Å²) in [7, 11) is 0. The highest BCUT2D eigenvalue weighted by atomic mass is 19.1. The minimum atomic E-state index is -0.957. The fraction of sp³-hybridized carbons (Fsp3) is 0.179. The van der Waals surface area contributed by atoms with Gasteiger partial charge in [-0.25, -0.2) is 28.1 Å². The van der Waals surface area contributed by atoms with Crippen molar-refractivity contribution in [3.8, 4) is 11.3 Å². The van der Waals surface area contributed by atoms with E-state index in [1.807, 2.05) is 24.3 Å². The number of carbonyl (C=O) groups excluding carboxylic acids is 2. The summed E-state index contributed by atoms with van der Waals surface area (Å²) >= 11 is 0. The van der Waals surface area contributed by atoms with Crippen molar-refractivity contribution in [3.05, 3.63) is 108 Å². The van der Waals surface area contributed by atoms with Crippen molar-refractivity contribution in [1.82, 2.24) is 19.9 Å². The highest BCUT2D eigenvalue weighted by molar-refractivity contribution is 6.02. The normalized spacial score (nSPS) is 13.8. The molecule has 2 aromatic heterocycles. The maximum Gasteiger partial charge on any atom is 0.274 e. The van der Waals surface area contributed by atoms with E-state index < -0.39 is 34.6 Å². The Balaban J connectivity index is 1.22. The van der Waals surface area contributed by atoms with Gasteiger partial charge in [0.25, 0.3) is 11.8 Å². The summed E-state index contributed by atoms with van der Waals surface area (Å²) in [5.74, 6) is -3.38. The van der Waals surface area contributed by atoms with Gasteiger partial charge < -0.3 is 10.2 Å². The standard InChI is InChI=1S/C28H22F3N5O2/c29-20-2-1-3-21(30)25(20)26-22(31)8-9-24(35-26)28(38)36-14-11-18(12-15-36)17-4-6-19(7-5-17)34-27(37)23-10-13-32-16-33-23/h1-10,13,16,18H,11-12,14-15H2,(H,34,37). The molecule has 2 amide bonds. The molecule has 0 bridgehead atoms. The number of anilines is 1. The van der Waals surface area contributed by atoms with E-state index in [0.29, 0.717) is 31.6 Å². The molecule has 10 heteroatoms. The van der Waals surface area contributed by atoms with Crippen LogP contribution in [-0.4, -0.2) is 44.8 Å². The van der Waals surface area contributed by atoms with Crippen molar-refractivity contribution in [1.29, 1.82) is 0 Å². The van der Waals surface area contributed by atoms with Crippen molar-refractivity contribution in [3.63, 3.8) is 0 Å². The molecule has 1 fully saturated rings. The van der Waals surface area contributed by atoms with Gasteiger partial charge in [-0.05, 0) is 66.8 Å². The van der Waals surface area contributed by atoms with Gasteiger partial charge in [-0.2, -0.15) is 0 Å². The smallest absolute Gasteiger partial charge is 0.274 e. The Bertz CT molecular complexity index is 1450. The number of pyridine rings is 1. The first-order valence-corrected chi connectivity index (χ1v) is 12.0. The summed E-state index contributed by atoms with van der Waals surface area (Å²) in [6.45, 7) is 0.885. The van der Waals surface area contributed by atoms with Crippen LogP contribution in [0.1, 0.15) is 45.3 Å². The van der Waals surface area contributed by atoms with E-state index in [1.165, 1.54) is 30.7 Å². The van der Waals surface area contributed by atoms with Crippen LogP contribution in [0.4, 0.5) is 18.9 Å². The Hall–Kier alpha value is -4.60. The van der Waals surface area contributed by atoms with E-state index in [9.17, 15) is 22.8 Å². The summed E-state index contributed by atoms with van der Waals surface area (Å²) < 4.78 is 42.8. The van der Waals surface area contributed by atoms with Crippen molar-refractivity contribution in [2.45, 2.75) is 18.8 Å². The van der Waals surface area contributed by atoms with Crippen molar-refractivity contribution in [2.75, 3.05) is 18.4 Å². The Morgan fingerprint density at radius 1 is 0.842 bits per heavy atom. The molecule has 0 aliphatic carbocycles. The van der Waals surface area contributed by atoms with Crippen LogP contribution in [0.5, 0.6) is 0 Å². The molecule has 0 saturated carbocycles. The van der Waals surface area contributed by atoms with E-state index in [2.05, 4.69) is 20.3 Å². The van der Waals surface area contributed by atoms with Crippen LogP contribution in [0.2, 0.25) is 0 Å². The summed E-state index contributed by atoms with van der Waals surface area (Å²) in [5, 5.41) is 2.79. The van der Waals surface area contributed by atoms with E-state index in [4.69, 9.17) is 0 Å². The van der Waals surface area contributed by atoms with Gasteiger partial charge in [-0.1, -0.05) is 18.2 Å². The van der Waals surface area contributed by atoms with Gasteiger partial charge in [0.2, 0.25) is 0 Å². The highest BCUT2D eigenvalue weighted by Crippen LogP contribution is 2.31. The third-order valence-electron chi connectivity index (χ3n) is 6.50. The number of rotatable bonds is 5. The number of nitrogens with zero attached hydrogens (tertiary/aromatic N) is 4. The third-order valence-corrected chi connectivity index (χ3v) is 6.50. The molecule has 2 aromatic carbocycles. The zero-order valence-corrected chi connectivity index (χ0v) is 20.1. The lowest BCUT2D eigenvalue weighted by atomic mass is 9.89. The van der Waals surface area contributed by atoms with Gasteiger partial charge in [-0.3, -0.25) is 9.59 Å². The lowest BCUT2D eigenvalue weighted by Crippen LogP contribution is -2.38. The minimum absolute atomic E-state index is 0.0775. The molecule has 7 nitrogen and oxygen atoms in total. The number of piperidine rings is 1. The van der Waals surface area contributed by atoms with Crippen LogP contribution in [0.15, 0.2) is 73.2 Å². The maximum atomic E-state index is 14.4. The molecule has 38 heavy (non-hydrogen) atoms. The van der Waals surface area contributed by atoms with Gasteiger partial charge >= 0.3 is 0 Å². The third kappa shape index (κ3) is 5.24. The van der Waals surface area contributed by atoms with Crippen LogP contribution in [0.25, 0.3) is 11.3 Å². The molecule has 1 N–H and O–H groups in total. The fourth-order valence-corrected chi connectivity index (χ4v) is 4.50. The molecule has 0 atom stereocenters. The number of hydrogen-bond donors (Lipinski definition) is 1. The first-order chi connectivity index (χ1) is 18.4. The largest absolute Gasteiger partial charge is 0.337 e. The average molecular weight is 518 g/mol. The van der Waals surface area contributed by atoms with Gasteiger partial charge in [0.05, 0.1) is 5.56 Å².